The summed E-state index contributed by atoms with van der Waals surface area (Å²) in [6.07, 6.45) is 1.67. The zero-order valence-corrected chi connectivity index (χ0v) is 10.6. The Morgan fingerprint density at radius 3 is 2.53 bits per heavy atom. The molecule has 1 aromatic carbocycles. The first kappa shape index (κ1) is 11.7. The molecular weight excluding hydrogens is 216 g/mol. The van der Waals surface area contributed by atoms with Crippen molar-refractivity contribution in [3.8, 4) is 5.75 Å². The normalized spacial score (nSPS) is 18.2. The van der Waals surface area contributed by atoms with Gasteiger partial charge < -0.3 is 4.74 Å². The Hall–Kier alpha value is -1.81. The molecule has 0 bridgehead atoms. The first-order valence-electron chi connectivity index (χ1n) is 5.48. The molecule has 17 heavy (non-hydrogen) atoms. The van der Waals surface area contributed by atoms with Gasteiger partial charge in [0, 0.05) is 6.07 Å². The van der Waals surface area contributed by atoms with Crippen molar-refractivity contribution in [1.29, 1.82) is 0 Å². The number of benzene rings is 1. The van der Waals surface area contributed by atoms with Crippen LogP contribution >= 0.6 is 0 Å². The lowest BCUT2D eigenvalue weighted by Crippen LogP contribution is -2.53. The molecule has 1 amide bonds. The molecule has 0 unspecified atom stereocenters. The predicted molar refractivity (Wildman–Crippen MR) is 66.3 cm³/mol. The van der Waals surface area contributed by atoms with E-state index >= 15 is 0 Å². The SMILES string of the molecule is COc1cccc(N2C(C)=CC(=O)[N+]2(C)C)c1. The Bertz CT molecular complexity index is 492. The topological polar surface area (TPSA) is 29.5 Å². The number of methoxy groups -OCH3 is 1. The van der Waals surface area contributed by atoms with Crippen LogP contribution in [0.5, 0.6) is 5.75 Å². The van der Waals surface area contributed by atoms with Crippen LogP contribution in [-0.2, 0) is 4.79 Å². The number of ether oxygens (including phenoxy) is 1. The molecule has 0 atom stereocenters. The van der Waals surface area contributed by atoms with Crippen molar-refractivity contribution in [2.45, 2.75) is 6.92 Å². The fourth-order valence-corrected chi connectivity index (χ4v) is 2.13. The Balaban J connectivity index is 2.46. The average molecular weight is 233 g/mol. The van der Waals surface area contributed by atoms with Gasteiger partial charge in [0.1, 0.15) is 5.75 Å². The number of allylic oxidation sites excluding steroid dienone is 1. The van der Waals surface area contributed by atoms with Gasteiger partial charge in [-0.1, -0.05) is 6.07 Å². The van der Waals surface area contributed by atoms with E-state index in [-0.39, 0.29) is 10.5 Å². The number of likely N-dealkylation sites (N-methyl/N-ethyl adjacent to an activating group) is 1. The molecule has 0 saturated carbocycles. The lowest BCUT2D eigenvalue weighted by Gasteiger charge is -2.33. The molecule has 1 aliphatic heterocycles. The van der Waals surface area contributed by atoms with Crippen molar-refractivity contribution in [2.24, 2.45) is 0 Å². The van der Waals surface area contributed by atoms with Gasteiger partial charge in [-0.2, -0.15) is 9.60 Å². The summed E-state index contributed by atoms with van der Waals surface area (Å²) in [5.74, 6) is 0.861. The minimum Gasteiger partial charge on any atom is -0.497 e. The number of hydrogen-bond donors (Lipinski definition) is 0. The molecule has 90 valence electrons. The summed E-state index contributed by atoms with van der Waals surface area (Å²) in [5.41, 5.74) is 1.89. The summed E-state index contributed by atoms with van der Waals surface area (Å²) in [5, 5.41) is 1.98. The van der Waals surface area contributed by atoms with Crippen LogP contribution < -0.4 is 9.75 Å². The highest BCUT2D eigenvalue weighted by molar-refractivity contribution is 5.87. The van der Waals surface area contributed by atoms with Crippen LogP contribution in [-0.4, -0.2) is 31.7 Å². The van der Waals surface area contributed by atoms with Crippen LogP contribution in [0, 0.1) is 0 Å². The summed E-state index contributed by atoms with van der Waals surface area (Å²) < 4.78 is 5.39. The van der Waals surface area contributed by atoms with Gasteiger partial charge in [0.25, 0.3) is 0 Å². The molecule has 0 saturated heterocycles. The van der Waals surface area contributed by atoms with E-state index in [1.807, 2.05) is 50.3 Å². The van der Waals surface area contributed by atoms with Crippen LogP contribution in [0.15, 0.2) is 36.0 Å². The maximum atomic E-state index is 11.9. The summed E-state index contributed by atoms with van der Waals surface area (Å²) in [6.45, 7) is 1.93. The van der Waals surface area contributed by atoms with Crippen LogP contribution in [0.3, 0.4) is 0 Å². The summed E-state index contributed by atoms with van der Waals surface area (Å²) in [4.78, 5) is 11.9. The highest BCUT2D eigenvalue weighted by Gasteiger charge is 2.40. The molecule has 4 nitrogen and oxygen atoms in total. The Morgan fingerprint density at radius 1 is 1.29 bits per heavy atom. The zero-order chi connectivity index (χ0) is 12.6. The van der Waals surface area contributed by atoms with Gasteiger partial charge in [-0.25, -0.2) is 4.79 Å². The first-order valence-corrected chi connectivity index (χ1v) is 5.48. The van der Waals surface area contributed by atoms with Gasteiger partial charge in [0.05, 0.1) is 38.7 Å². The van der Waals surface area contributed by atoms with E-state index in [4.69, 9.17) is 4.74 Å². The molecule has 0 aromatic heterocycles. The predicted octanol–water partition coefficient (Wildman–Crippen LogP) is 1.94. The van der Waals surface area contributed by atoms with E-state index in [9.17, 15) is 4.79 Å². The number of amides is 1. The monoisotopic (exact) mass is 233 g/mol. The number of nitrogens with zero attached hydrogens (tertiary/aromatic N) is 2. The summed E-state index contributed by atoms with van der Waals surface area (Å²) in [6, 6.07) is 7.71. The lowest BCUT2D eigenvalue weighted by molar-refractivity contribution is -0.812. The van der Waals surface area contributed by atoms with Gasteiger partial charge in [0.15, 0.2) is 0 Å². The van der Waals surface area contributed by atoms with Gasteiger partial charge in [-0.15, -0.1) is 0 Å². The average Bonchev–Trinajstić information content (AvgIpc) is 2.48. The van der Waals surface area contributed by atoms with E-state index in [0.717, 1.165) is 17.1 Å². The molecule has 0 radical (unpaired) electrons. The second kappa shape index (κ2) is 3.89. The van der Waals surface area contributed by atoms with Crippen molar-refractivity contribution in [1.82, 2.24) is 0 Å². The molecular formula is C13H17N2O2+. The quantitative estimate of drug-likeness (QED) is 0.731. The van der Waals surface area contributed by atoms with E-state index in [1.165, 1.54) is 0 Å². The largest absolute Gasteiger partial charge is 0.497 e. The van der Waals surface area contributed by atoms with Crippen LogP contribution in [0.1, 0.15) is 6.92 Å². The third kappa shape index (κ3) is 1.80. The van der Waals surface area contributed by atoms with Crippen LogP contribution in [0.4, 0.5) is 5.69 Å². The Labute approximate surface area is 101 Å². The molecule has 2 rings (SSSR count). The third-order valence-electron chi connectivity index (χ3n) is 3.00. The number of carbonyl (C=O) groups excluding carboxylic acids is 1. The fourth-order valence-electron chi connectivity index (χ4n) is 2.13. The minimum atomic E-state index is 0.0744. The molecule has 0 fully saturated rings. The summed E-state index contributed by atoms with van der Waals surface area (Å²) in [7, 11) is 5.38. The second-order valence-electron chi connectivity index (χ2n) is 4.53. The van der Waals surface area contributed by atoms with Crippen LogP contribution in [0.2, 0.25) is 0 Å². The van der Waals surface area contributed by atoms with Gasteiger partial charge in [0.2, 0.25) is 0 Å². The van der Waals surface area contributed by atoms with E-state index < -0.39 is 0 Å². The molecule has 1 heterocycles. The number of carbonyl (C=O) groups is 1. The smallest absolute Gasteiger partial charge is 0.364 e. The maximum Gasteiger partial charge on any atom is 0.364 e. The Morgan fingerprint density at radius 2 is 2.00 bits per heavy atom. The van der Waals surface area contributed by atoms with Crippen molar-refractivity contribution < 1.29 is 14.1 Å². The van der Waals surface area contributed by atoms with Gasteiger partial charge >= 0.3 is 5.91 Å². The standard InChI is InChI=1S/C13H17N2O2/c1-10-8-13(16)15(2,3)14(10)11-6-5-7-12(9-11)17-4/h5-9H,1-4H3/q+1. The highest BCUT2D eigenvalue weighted by Crippen LogP contribution is 2.31. The van der Waals surface area contributed by atoms with Crippen molar-refractivity contribution in [3.63, 3.8) is 0 Å². The van der Waals surface area contributed by atoms with Gasteiger partial charge in [-0.05, 0) is 19.1 Å². The van der Waals surface area contributed by atoms with Crippen LogP contribution in [0.25, 0.3) is 0 Å². The maximum absolute atomic E-state index is 11.9. The number of hydrogen-bond acceptors (Lipinski definition) is 3. The summed E-state index contributed by atoms with van der Waals surface area (Å²) >= 11 is 0. The number of anilines is 1. The van der Waals surface area contributed by atoms with Crippen molar-refractivity contribution >= 4 is 11.6 Å². The van der Waals surface area contributed by atoms with Crippen molar-refractivity contribution in [3.05, 3.63) is 36.0 Å². The number of rotatable bonds is 2. The zero-order valence-electron chi connectivity index (χ0n) is 10.6. The van der Waals surface area contributed by atoms with E-state index in [2.05, 4.69) is 0 Å². The van der Waals surface area contributed by atoms with Gasteiger partial charge in [-0.3, -0.25) is 0 Å². The molecule has 1 aliphatic rings. The first-order chi connectivity index (χ1) is 7.96. The highest BCUT2D eigenvalue weighted by atomic mass is 16.5. The molecule has 0 aliphatic carbocycles. The van der Waals surface area contributed by atoms with Crippen molar-refractivity contribution in [2.75, 3.05) is 26.2 Å². The molecule has 4 heteroatoms. The van der Waals surface area contributed by atoms with E-state index in [1.54, 1.807) is 13.2 Å². The second-order valence-corrected chi connectivity index (χ2v) is 4.53. The molecule has 0 spiro atoms. The fraction of sp³-hybridized carbons (Fsp3) is 0.308. The molecule has 0 N–H and O–H groups in total. The molecule has 1 aromatic rings. The Kier molecular flexibility index (Phi) is 2.67. The minimum absolute atomic E-state index is 0.0744. The number of quaternary nitrogens is 1. The third-order valence-corrected chi connectivity index (χ3v) is 3.00. The lowest BCUT2D eigenvalue weighted by atomic mass is 10.3. The van der Waals surface area contributed by atoms with E-state index in [0.29, 0.717) is 0 Å².